The van der Waals surface area contributed by atoms with E-state index in [-0.39, 0.29) is 30.0 Å². The van der Waals surface area contributed by atoms with Gasteiger partial charge in [0.15, 0.2) is 0 Å². The van der Waals surface area contributed by atoms with Crippen molar-refractivity contribution in [2.24, 2.45) is 0 Å². The number of halogens is 2. The van der Waals surface area contributed by atoms with Crippen molar-refractivity contribution in [1.29, 1.82) is 0 Å². The second-order valence-corrected chi connectivity index (χ2v) is 5.01. The van der Waals surface area contributed by atoms with Gasteiger partial charge in [-0.1, -0.05) is 30.3 Å². The molecule has 1 atom stereocenters. The first-order chi connectivity index (χ1) is 9.99. The van der Waals surface area contributed by atoms with Gasteiger partial charge in [-0.2, -0.15) is 0 Å². The number of rotatable bonds is 4. The molecule has 0 heterocycles. The minimum atomic E-state index is -0.362. The lowest BCUT2D eigenvalue weighted by molar-refractivity contribution is -0.131. The first-order valence-electron chi connectivity index (χ1n) is 6.73. The molecule has 21 heavy (non-hydrogen) atoms. The first-order valence-corrected chi connectivity index (χ1v) is 6.73. The molecule has 0 bridgehead atoms. The Morgan fingerprint density at radius 1 is 1.10 bits per heavy atom. The summed E-state index contributed by atoms with van der Waals surface area (Å²) in [6, 6.07) is 11.8. The third kappa shape index (κ3) is 3.66. The van der Waals surface area contributed by atoms with Gasteiger partial charge in [0.05, 0.1) is 12.5 Å². The van der Waals surface area contributed by atoms with E-state index in [2.05, 4.69) is 0 Å². The minimum Gasteiger partial charge on any atom is -0.339 e. The van der Waals surface area contributed by atoms with Crippen LogP contribution in [0.15, 0.2) is 48.5 Å². The van der Waals surface area contributed by atoms with Gasteiger partial charge in [0.25, 0.3) is 0 Å². The Kier molecular flexibility index (Phi) is 4.68. The van der Waals surface area contributed by atoms with Crippen LogP contribution < -0.4 is 0 Å². The average Bonchev–Trinajstić information content (AvgIpc) is 2.48. The Morgan fingerprint density at radius 2 is 1.71 bits per heavy atom. The predicted octanol–water partition coefficient (Wildman–Crippen LogP) is 3.73. The Hall–Kier alpha value is -2.23. The van der Waals surface area contributed by atoms with E-state index in [1.54, 1.807) is 44.3 Å². The molecule has 0 saturated heterocycles. The largest absolute Gasteiger partial charge is 0.339 e. The van der Waals surface area contributed by atoms with Crippen molar-refractivity contribution in [1.82, 2.24) is 4.90 Å². The number of nitrogens with zero attached hydrogens (tertiary/aromatic N) is 1. The minimum absolute atomic E-state index is 0.141. The van der Waals surface area contributed by atoms with Crippen molar-refractivity contribution in [3.63, 3.8) is 0 Å². The molecular formula is C17H17F2NO. The second-order valence-electron chi connectivity index (χ2n) is 5.01. The zero-order valence-electron chi connectivity index (χ0n) is 12.0. The number of benzene rings is 2. The fourth-order valence-corrected chi connectivity index (χ4v) is 2.14. The normalized spacial score (nSPS) is 12.0. The molecule has 4 heteroatoms. The van der Waals surface area contributed by atoms with Crippen LogP contribution >= 0.6 is 0 Å². The van der Waals surface area contributed by atoms with E-state index in [4.69, 9.17) is 0 Å². The Labute approximate surface area is 123 Å². The van der Waals surface area contributed by atoms with Crippen LogP contribution in [0.4, 0.5) is 8.78 Å². The molecule has 0 N–H and O–H groups in total. The highest BCUT2D eigenvalue weighted by atomic mass is 19.1. The van der Waals surface area contributed by atoms with Crippen LogP contribution in [-0.2, 0) is 11.2 Å². The van der Waals surface area contributed by atoms with Gasteiger partial charge in [0.2, 0.25) is 5.91 Å². The lowest BCUT2D eigenvalue weighted by Gasteiger charge is -2.25. The molecule has 0 spiro atoms. The van der Waals surface area contributed by atoms with Gasteiger partial charge in [-0.05, 0) is 30.7 Å². The molecule has 0 aliphatic heterocycles. The highest BCUT2D eigenvalue weighted by molar-refractivity contribution is 5.79. The van der Waals surface area contributed by atoms with Crippen LogP contribution in [0.25, 0.3) is 0 Å². The molecule has 0 aromatic heterocycles. The van der Waals surface area contributed by atoms with Crippen LogP contribution in [-0.4, -0.2) is 17.9 Å². The quantitative estimate of drug-likeness (QED) is 0.840. The highest BCUT2D eigenvalue weighted by Crippen LogP contribution is 2.22. The van der Waals surface area contributed by atoms with Crippen LogP contribution in [0.1, 0.15) is 24.1 Å². The lowest BCUT2D eigenvalue weighted by Crippen LogP contribution is -2.31. The van der Waals surface area contributed by atoms with Gasteiger partial charge >= 0.3 is 0 Å². The van der Waals surface area contributed by atoms with Gasteiger partial charge in [-0.15, -0.1) is 0 Å². The Morgan fingerprint density at radius 3 is 2.33 bits per heavy atom. The van der Waals surface area contributed by atoms with Gasteiger partial charge in [0, 0.05) is 12.6 Å². The van der Waals surface area contributed by atoms with Crippen LogP contribution in [0.2, 0.25) is 0 Å². The Balaban J connectivity index is 2.08. The maximum Gasteiger partial charge on any atom is 0.227 e. The van der Waals surface area contributed by atoms with Gasteiger partial charge in [0.1, 0.15) is 11.6 Å². The summed E-state index contributed by atoms with van der Waals surface area (Å²) in [5, 5.41) is 0. The van der Waals surface area contributed by atoms with E-state index in [1.165, 1.54) is 23.1 Å². The SMILES string of the molecule is CC(c1ccccc1F)N(C)C(=O)Cc1ccc(F)cc1. The van der Waals surface area contributed by atoms with E-state index >= 15 is 0 Å². The van der Waals surface area contributed by atoms with Gasteiger partial charge in [-0.3, -0.25) is 4.79 Å². The molecule has 0 aliphatic rings. The summed E-state index contributed by atoms with van der Waals surface area (Å²) >= 11 is 0. The van der Waals surface area contributed by atoms with E-state index < -0.39 is 0 Å². The van der Waals surface area contributed by atoms with Crippen molar-refractivity contribution in [3.05, 3.63) is 71.3 Å². The van der Waals surface area contributed by atoms with Crippen molar-refractivity contribution in [2.45, 2.75) is 19.4 Å². The van der Waals surface area contributed by atoms with Crippen molar-refractivity contribution in [3.8, 4) is 0 Å². The molecule has 0 fully saturated rings. The summed E-state index contributed by atoms with van der Waals surface area (Å²) in [6.45, 7) is 1.78. The van der Waals surface area contributed by atoms with E-state index in [0.29, 0.717) is 5.56 Å². The maximum absolute atomic E-state index is 13.8. The van der Waals surface area contributed by atoms with E-state index in [0.717, 1.165) is 5.56 Å². The summed E-state index contributed by atoms with van der Waals surface area (Å²) < 4.78 is 26.6. The van der Waals surface area contributed by atoms with Crippen molar-refractivity contribution < 1.29 is 13.6 Å². The zero-order chi connectivity index (χ0) is 15.4. The monoisotopic (exact) mass is 289 g/mol. The smallest absolute Gasteiger partial charge is 0.227 e. The topological polar surface area (TPSA) is 20.3 Å². The number of carbonyl (C=O) groups excluding carboxylic acids is 1. The molecule has 2 rings (SSSR count). The standard InChI is InChI=1S/C17H17F2NO/c1-12(15-5-3-4-6-16(15)19)20(2)17(21)11-13-7-9-14(18)10-8-13/h3-10,12H,11H2,1-2H3. The molecule has 2 aromatic rings. The third-order valence-electron chi connectivity index (χ3n) is 3.60. The van der Waals surface area contributed by atoms with Gasteiger partial charge in [-0.25, -0.2) is 8.78 Å². The molecule has 1 amide bonds. The molecule has 110 valence electrons. The number of likely N-dealkylation sites (N-methyl/N-ethyl adjacent to an activating group) is 1. The second kappa shape index (κ2) is 6.48. The average molecular weight is 289 g/mol. The molecule has 0 aliphatic carbocycles. The molecule has 2 aromatic carbocycles. The zero-order valence-corrected chi connectivity index (χ0v) is 12.0. The van der Waals surface area contributed by atoms with Crippen LogP contribution in [0.3, 0.4) is 0 Å². The van der Waals surface area contributed by atoms with Crippen molar-refractivity contribution in [2.75, 3.05) is 7.05 Å². The number of amides is 1. The molecule has 1 unspecified atom stereocenters. The van der Waals surface area contributed by atoms with E-state index in [9.17, 15) is 13.6 Å². The van der Waals surface area contributed by atoms with Gasteiger partial charge < -0.3 is 4.90 Å². The summed E-state index contributed by atoms with van der Waals surface area (Å²) in [4.78, 5) is 13.7. The first kappa shape index (κ1) is 15.2. The fraction of sp³-hybridized carbons (Fsp3) is 0.235. The van der Waals surface area contributed by atoms with E-state index in [1.807, 2.05) is 0 Å². The third-order valence-corrected chi connectivity index (χ3v) is 3.60. The number of hydrogen-bond acceptors (Lipinski definition) is 1. The Bertz CT molecular complexity index is 625. The summed E-state index contributed by atoms with van der Waals surface area (Å²) in [5.41, 5.74) is 1.21. The molecule has 0 saturated carbocycles. The molecular weight excluding hydrogens is 272 g/mol. The predicted molar refractivity (Wildman–Crippen MR) is 77.7 cm³/mol. The molecule has 2 nitrogen and oxygen atoms in total. The lowest BCUT2D eigenvalue weighted by atomic mass is 10.1. The number of carbonyl (C=O) groups is 1. The van der Waals surface area contributed by atoms with Crippen LogP contribution in [0, 0.1) is 11.6 Å². The molecule has 0 radical (unpaired) electrons. The highest BCUT2D eigenvalue weighted by Gasteiger charge is 2.19. The summed E-state index contributed by atoms with van der Waals surface area (Å²) in [5.74, 6) is -0.803. The fourth-order valence-electron chi connectivity index (χ4n) is 2.14. The maximum atomic E-state index is 13.8. The van der Waals surface area contributed by atoms with Crippen molar-refractivity contribution >= 4 is 5.91 Å². The number of hydrogen-bond donors (Lipinski definition) is 0. The van der Waals surface area contributed by atoms with Crippen LogP contribution in [0.5, 0.6) is 0 Å². The summed E-state index contributed by atoms with van der Waals surface area (Å²) in [6.07, 6.45) is 0.162. The summed E-state index contributed by atoms with van der Waals surface area (Å²) in [7, 11) is 1.64.